The van der Waals surface area contributed by atoms with Crippen molar-refractivity contribution in [2.75, 3.05) is 6.61 Å². The average Bonchev–Trinajstić information content (AvgIpc) is 2.45. The number of carbonyl (C=O) groups is 2. The van der Waals surface area contributed by atoms with Crippen LogP contribution in [-0.4, -0.2) is 35.9 Å². The molecule has 0 heterocycles. The number of ether oxygens (including phenoxy) is 1. The molecule has 1 aromatic carbocycles. The maximum atomic E-state index is 11.9. The van der Waals surface area contributed by atoms with Crippen LogP contribution in [0.5, 0.6) is 0 Å². The number of aliphatic hydroxyl groups excluding tert-OH is 1. The minimum atomic E-state index is -1.91. The number of unbranched alkanes of at least 4 members (excludes halogenated alkanes) is 1. The van der Waals surface area contributed by atoms with Crippen LogP contribution < -0.4 is 0 Å². The van der Waals surface area contributed by atoms with E-state index >= 15 is 0 Å². The average molecular weight is 263 g/mol. The number of aliphatic hydroxyl groups is 1. The van der Waals surface area contributed by atoms with Gasteiger partial charge in [-0.05, 0) is 6.42 Å². The van der Waals surface area contributed by atoms with E-state index in [2.05, 4.69) is 0 Å². The minimum Gasteiger partial charge on any atom is -0.463 e. The molecule has 5 nitrogen and oxygen atoms in total. The zero-order chi connectivity index (χ0) is 14.3. The summed E-state index contributed by atoms with van der Waals surface area (Å²) in [6, 6.07) is 5.83. The molecule has 0 saturated carbocycles. The van der Waals surface area contributed by atoms with Crippen LogP contribution in [0.15, 0.2) is 24.3 Å². The first-order valence-corrected chi connectivity index (χ1v) is 5.98. The van der Waals surface area contributed by atoms with Gasteiger partial charge in [0.15, 0.2) is 0 Å². The van der Waals surface area contributed by atoms with E-state index in [1.54, 1.807) is 12.4 Å². The minimum absolute atomic E-state index is 0.00732. The van der Waals surface area contributed by atoms with Crippen molar-refractivity contribution in [3.63, 3.8) is 0 Å². The highest BCUT2D eigenvalue weighted by Gasteiger charge is 2.27. The van der Waals surface area contributed by atoms with E-state index in [1.165, 1.54) is 18.2 Å². The van der Waals surface area contributed by atoms with E-state index in [1.807, 2.05) is 6.92 Å². The summed E-state index contributed by atoms with van der Waals surface area (Å²) in [6.07, 6.45) is 1.17. The molecule has 1 atom stereocenters. The molecule has 1 aromatic rings. The van der Waals surface area contributed by atoms with Crippen molar-refractivity contribution in [3.05, 3.63) is 35.4 Å². The number of ketones is 1. The second-order valence-corrected chi connectivity index (χ2v) is 3.94. The summed E-state index contributed by atoms with van der Waals surface area (Å²) in [6.45, 7) is 2.08. The van der Waals surface area contributed by atoms with Crippen molar-refractivity contribution in [2.24, 2.45) is 0 Å². The summed E-state index contributed by atoms with van der Waals surface area (Å²) in [5.74, 6) is -1.86. The van der Waals surface area contributed by atoms with Crippen LogP contribution in [0.3, 0.4) is 0 Å². The lowest BCUT2D eigenvalue weighted by Gasteiger charge is -2.10. The second-order valence-electron chi connectivity index (χ2n) is 3.94. The van der Waals surface area contributed by atoms with Crippen LogP contribution in [-0.2, 0) is 14.3 Å². The van der Waals surface area contributed by atoms with Gasteiger partial charge in [0.25, 0.3) is 0 Å². The molecule has 101 valence electrons. The van der Waals surface area contributed by atoms with Gasteiger partial charge in [0.05, 0.1) is 6.61 Å². The van der Waals surface area contributed by atoms with Crippen molar-refractivity contribution >= 4 is 18.0 Å². The molecule has 0 bridgehead atoms. The highest BCUT2D eigenvalue weighted by molar-refractivity contribution is 6.13. The summed E-state index contributed by atoms with van der Waals surface area (Å²) < 4.78 is 4.75. The first-order valence-electron chi connectivity index (χ1n) is 5.98. The predicted octanol–water partition coefficient (Wildman–Crippen LogP) is 1.03. The number of hydrogen-bond donors (Lipinski definition) is 1. The molecule has 0 aliphatic rings. The molecule has 0 amide bonds. The van der Waals surface area contributed by atoms with Gasteiger partial charge in [-0.25, -0.2) is 4.79 Å². The molecule has 19 heavy (non-hydrogen) atoms. The fourth-order valence-corrected chi connectivity index (χ4v) is 1.44. The number of rotatable bonds is 7. The molecular weight excluding hydrogens is 248 g/mol. The molecule has 1 rings (SSSR count). The third kappa shape index (κ3) is 3.99. The van der Waals surface area contributed by atoms with Gasteiger partial charge in [0, 0.05) is 11.1 Å². The van der Waals surface area contributed by atoms with E-state index in [-0.39, 0.29) is 17.7 Å². The molecule has 1 N–H and O–H groups in total. The maximum absolute atomic E-state index is 11.9. The second kappa shape index (κ2) is 7.43. The Morgan fingerprint density at radius 3 is 2.68 bits per heavy atom. The number of carbonyl (C=O) groups excluding carboxylic acids is 3. The molecule has 0 aromatic heterocycles. The zero-order valence-electron chi connectivity index (χ0n) is 10.6. The van der Waals surface area contributed by atoms with Gasteiger partial charge < -0.3 is 9.84 Å². The Labute approximate surface area is 111 Å². The number of Topliss-reactive ketones (excluding diaryl/α,β-unsaturated/α-hetero) is 1. The molecule has 0 aliphatic carbocycles. The molecule has 1 unspecified atom stereocenters. The lowest BCUT2D eigenvalue weighted by Crippen LogP contribution is -2.32. The van der Waals surface area contributed by atoms with Crippen molar-refractivity contribution in [1.82, 2.24) is 0 Å². The smallest absolute Gasteiger partial charge is 0.343 e. The first-order chi connectivity index (χ1) is 9.11. The van der Waals surface area contributed by atoms with Gasteiger partial charge >= 0.3 is 5.97 Å². The highest BCUT2D eigenvalue weighted by atomic mass is 16.5. The van der Waals surface area contributed by atoms with E-state index in [0.29, 0.717) is 6.42 Å². The number of benzene rings is 1. The van der Waals surface area contributed by atoms with Crippen LogP contribution in [0.1, 0.15) is 35.7 Å². The fraction of sp³-hybridized carbons (Fsp3) is 0.357. The Kier molecular flexibility index (Phi) is 5.89. The van der Waals surface area contributed by atoms with Crippen molar-refractivity contribution in [2.45, 2.75) is 25.9 Å². The standard InChI is InChI=1S/C14H15O5/c1-2-3-8-19-14(18)13(17)12(16)11-7-5-4-6-10(11)9-15/h4-7,13,17H,2-3,8H2,1H3. The van der Waals surface area contributed by atoms with Crippen LogP contribution in [0.2, 0.25) is 0 Å². The zero-order valence-corrected chi connectivity index (χ0v) is 10.6. The first kappa shape index (κ1) is 15.0. The summed E-state index contributed by atoms with van der Waals surface area (Å²) in [5, 5.41) is 9.61. The topological polar surface area (TPSA) is 80.7 Å². The summed E-state index contributed by atoms with van der Waals surface area (Å²) >= 11 is 0. The fourth-order valence-electron chi connectivity index (χ4n) is 1.44. The quantitative estimate of drug-likeness (QED) is 0.344. The Bertz CT molecular complexity index is 467. The molecule has 0 saturated heterocycles. The third-order valence-electron chi connectivity index (χ3n) is 2.52. The van der Waals surface area contributed by atoms with E-state index in [4.69, 9.17) is 4.74 Å². The monoisotopic (exact) mass is 263 g/mol. The van der Waals surface area contributed by atoms with E-state index < -0.39 is 17.9 Å². The van der Waals surface area contributed by atoms with Crippen LogP contribution >= 0.6 is 0 Å². The van der Waals surface area contributed by atoms with Gasteiger partial charge in [-0.3, -0.25) is 9.59 Å². The van der Waals surface area contributed by atoms with Gasteiger partial charge in [0.1, 0.15) is 0 Å². The molecule has 5 heteroatoms. The predicted molar refractivity (Wildman–Crippen MR) is 67.4 cm³/mol. The number of hydrogen-bond acceptors (Lipinski definition) is 5. The van der Waals surface area contributed by atoms with E-state index in [0.717, 1.165) is 6.42 Å². The number of esters is 1. The summed E-state index contributed by atoms with van der Waals surface area (Å²) in [7, 11) is 0. The SMILES string of the molecule is CCCCOC(=O)C(O)C(=O)c1ccccc1[C]=O. The summed E-state index contributed by atoms with van der Waals surface area (Å²) in [5.41, 5.74) is -0.0367. The Hall–Kier alpha value is -2.01. The molecular formula is C14H15O5. The van der Waals surface area contributed by atoms with E-state index in [9.17, 15) is 19.5 Å². The van der Waals surface area contributed by atoms with Crippen LogP contribution in [0, 0.1) is 0 Å². The molecule has 1 radical (unpaired) electrons. The van der Waals surface area contributed by atoms with Crippen LogP contribution in [0.25, 0.3) is 0 Å². The van der Waals surface area contributed by atoms with Gasteiger partial charge in [-0.1, -0.05) is 37.6 Å². The maximum Gasteiger partial charge on any atom is 0.343 e. The Balaban J connectivity index is 2.76. The third-order valence-corrected chi connectivity index (χ3v) is 2.52. The van der Waals surface area contributed by atoms with Gasteiger partial charge in [0.2, 0.25) is 18.2 Å². The normalized spacial score (nSPS) is 11.7. The lowest BCUT2D eigenvalue weighted by molar-refractivity contribution is -0.150. The summed E-state index contributed by atoms with van der Waals surface area (Å²) in [4.78, 5) is 34.0. The van der Waals surface area contributed by atoms with Gasteiger partial charge in [-0.2, -0.15) is 0 Å². The van der Waals surface area contributed by atoms with Crippen molar-refractivity contribution in [3.8, 4) is 0 Å². The van der Waals surface area contributed by atoms with Crippen LogP contribution in [0.4, 0.5) is 0 Å². The Morgan fingerprint density at radius 1 is 1.37 bits per heavy atom. The van der Waals surface area contributed by atoms with Crippen molar-refractivity contribution < 1.29 is 24.2 Å². The lowest BCUT2D eigenvalue weighted by atomic mass is 10.0. The molecule has 0 spiro atoms. The largest absolute Gasteiger partial charge is 0.463 e. The molecule has 0 aliphatic heterocycles. The highest BCUT2D eigenvalue weighted by Crippen LogP contribution is 2.10. The van der Waals surface area contributed by atoms with Gasteiger partial charge in [-0.15, -0.1) is 0 Å². The van der Waals surface area contributed by atoms with Crippen molar-refractivity contribution in [1.29, 1.82) is 0 Å². The Morgan fingerprint density at radius 2 is 2.05 bits per heavy atom. The molecule has 0 fully saturated rings.